The lowest BCUT2D eigenvalue weighted by molar-refractivity contribution is 0.102. The number of benzene rings is 2. The molecule has 1 aromatic heterocycles. The largest absolute Gasteiger partial charge is 0.369 e. The molecule has 1 aliphatic heterocycles. The topological polar surface area (TPSA) is 94.2 Å². The molecule has 3 aromatic rings. The minimum Gasteiger partial charge on any atom is -0.369 e. The minimum absolute atomic E-state index is 0.212. The molecule has 8 nitrogen and oxygen atoms in total. The van der Waals surface area contributed by atoms with Gasteiger partial charge in [0.15, 0.2) is 0 Å². The number of aromatic nitrogens is 2. The van der Waals surface area contributed by atoms with Gasteiger partial charge in [-0.05, 0) is 68.5 Å². The lowest BCUT2D eigenvalue weighted by atomic mass is 9.93. The summed E-state index contributed by atoms with van der Waals surface area (Å²) in [7, 11) is 0. The molecule has 35 heavy (non-hydrogen) atoms. The summed E-state index contributed by atoms with van der Waals surface area (Å²) in [5.41, 5.74) is 5.44. The average molecular weight is 472 g/mol. The molecular formula is C27H33N7O. The molecule has 0 atom stereocenters. The maximum atomic E-state index is 13.2. The number of rotatable bonds is 7. The van der Waals surface area contributed by atoms with Crippen LogP contribution >= 0.6 is 0 Å². The van der Waals surface area contributed by atoms with Gasteiger partial charge in [0.25, 0.3) is 5.91 Å². The van der Waals surface area contributed by atoms with E-state index >= 15 is 0 Å². The quantitative estimate of drug-likeness (QED) is 0.404. The maximum Gasteiger partial charge on any atom is 0.261 e. The van der Waals surface area contributed by atoms with Gasteiger partial charge in [-0.1, -0.05) is 18.2 Å². The molecule has 0 unspecified atom stereocenters. The molecule has 1 amide bonds. The van der Waals surface area contributed by atoms with Crippen LogP contribution in [0.15, 0.2) is 48.7 Å². The van der Waals surface area contributed by atoms with Crippen LogP contribution in [0.2, 0.25) is 0 Å². The minimum atomic E-state index is -0.212. The molecule has 2 aromatic carbocycles. The Morgan fingerprint density at radius 1 is 1.03 bits per heavy atom. The highest BCUT2D eigenvalue weighted by Gasteiger charge is 2.23. The van der Waals surface area contributed by atoms with Crippen LogP contribution < -0.4 is 26.2 Å². The fourth-order valence-electron chi connectivity index (χ4n) is 4.46. The Kier molecular flexibility index (Phi) is 6.81. The first kappa shape index (κ1) is 23.1. The Morgan fingerprint density at radius 3 is 2.40 bits per heavy atom. The Labute approximate surface area is 206 Å². The zero-order valence-electron chi connectivity index (χ0n) is 20.4. The van der Waals surface area contributed by atoms with E-state index in [-0.39, 0.29) is 5.91 Å². The second-order valence-corrected chi connectivity index (χ2v) is 9.36. The highest BCUT2D eigenvalue weighted by atomic mass is 16.1. The van der Waals surface area contributed by atoms with Gasteiger partial charge in [0, 0.05) is 55.5 Å². The number of nitrogens with zero attached hydrogens (tertiary/aromatic N) is 3. The van der Waals surface area contributed by atoms with Crippen molar-refractivity contribution < 1.29 is 4.79 Å². The summed E-state index contributed by atoms with van der Waals surface area (Å²) in [6.07, 6.45) is 4.96. The van der Waals surface area contributed by atoms with Crippen LogP contribution in [-0.2, 0) is 0 Å². The van der Waals surface area contributed by atoms with Crippen molar-refractivity contribution in [2.45, 2.75) is 39.2 Å². The van der Waals surface area contributed by atoms with Gasteiger partial charge in [-0.3, -0.25) is 4.79 Å². The number of carbonyl (C=O) groups excluding carboxylic acids is 1. The van der Waals surface area contributed by atoms with E-state index in [2.05, 4.69) is 43.3 Å². The van der Waals surface area contributed by atoms with Gasteiger partial charge in [0.1, 0.15) is 11.4 Å². The standard InChI is InChI=1S/C27H33N7O/c1-18-5-3-6-19(2)24(18)32-26(35)23-17-29-27(33-25(23)30-20-7-4-8-20)31-21-9-11-22(12-10-21)34-15-13-28-14-16-34/h3,5-6,9-12,17,20,28H,4,7-8,13-16H2,1-2H3,(H,32,35)(H2,29,30,31,33). The number of piperazine rings is 1. The number of carbonyl (C=O) groups is 1. The molecule has 8 heteroatoms. The van der Waals surface area contributed by atoms with Gasteiger partial charge >= 0.3 is 0 Å². The molecule has 2 fully saturated rings. The van der Waals surface area contributed by atoms with Crippen molar-refractivity contribution in [1.29, 1.82) is 0 Å². The summed E-state index contributed by atoms with van der Waals surface area (Å²) < 4.78 is 0. The van der Waals surface area contributed by atoms with E-state index < -0.39 is 0 Å². The molecular weight excluding hydrogens is 438 g/mol. The first-order valence-electron chi connectivity index (χ1n) is 12.4. The number of hydrogen-bond donors (Lipinski definition) is 4. The average Bonchev–Trinajstić information content (AvgIpc) is 2.85. The van der Waals surface area contributed by atoms with Crippen molar-refractivity contribution in [3.05, 3.63) is 65.4 Å². The SMILES string of the molecule is Cc1cccc(C)c1NC(=O)c1cnc(Nc2ccc(N3CCNCC3)cc2)nc1NC1CCC1. The van der Waals surface area contributed by atoms with Gasteiger partial charge in [0.05, 0.1) is 0 Å². The number of para-hydroxylation sites is 1. The first-order chi connectivity index (χ1) is 17.1. The summed E-state index contributed by atoms with van der Waals surface area (Å²) in [6, 6.07) is 14.6. The third-order valence-electron chi connectivity index (χ3n) is 6.80. The van der Waals surface area contributed by atoms with Gasteiger partial charge in [0.2, 0.25) is 5.95 Å². The molecule has 1 saturated heterocycles. The smallest absolute Gasteiger partial charge is 0.261 e. The predicted molar refractivity (Wildman–Crippen MR) is 142 cm³/mol. The molecule has 1 aliphatic carbocycles. The van der Waals surface area contributed by atoms with Crippen molar-refractivity contribution in [1.82, 2.24) is 15.3 Å². The summed E-state index contributed by atoms with van der Waals surface area (Å²) in [6.45, 7) is 8.03. The predicted octanol–water partition coefficient (Wildman–Crippen LogP) is 4.46. The zero-order chi connectivity index (χ0) is 24.2. The number of anilines is 5. The van der Waals surface area contributed by atoms with Gasteiger partial charge in [-0.15, -0.1) is 0 Å². The molecule has 0 bridgehead atoms. The van der Waals surface area contributed by atoms with Crippen molar-refractivity contribution in [2.75, 3.05) is 47.0 Å². The summed E-state index contributed by atoms with van der Waals surface area (Å²) >= 11 is 0. The van der Waals surface area contributed by atoms with Crippen molar-refractivity contribution in [3.8, 4) is 0 Å². The summed E-state index contributed by atoms with van der Waals surface area (Å²) in [4.78, 5) is 24.8. The van der Waals surface area contributed by atoms with Crippen LogP contribution in [0.4, 0.5) is 28.8 Å². The second kappa shape index (κ2) is 10.3. The van der Waals surface area contributed by atoms with Crippen LogP contribution in [0, 0.1) is 13.8 Å². The molecule has 1 saturated carbocycles. The van der Waals surface area contributed by atoms with Crippen LogP contribution in [-0.4, -0.2) is 48.1 Å². The molecule has 2 aliphatic rings. The Bertz CT molecular complexity index is 1160. The zero-order valence-corrected chi connectivity index (χ0v) is 20.4. The third-order valence-corrected chi connectivity index (χ3v) is 6.80. The fraction of sp³-hybridized carbons (Fsp3) is 0.370. The van der Waals surface area contributed by atoms with E-state index in [1.807, 2.05) is 44.2 Å². The Morgan fingerprint density at radius 2 is 1.74 bits per heavy atom. The van der Waals surface area contributed by atoms with Crippen LogP contribution in [0.1, 0.15) is 40.7 Å². The van der Waals surface area contributed by atoms with E-state index in [1.54, 1.807) is 6.20 Å². The van der Waals surface area contributed by atoms with Crippen molar-refractivity contribution in [2.24, 2.45) is 0 Å². The summed E-state index contributed by atoms with van der Waals surface area (Å²) in [5.74, 6) is 0.815. The maximum absolute atomic E-state index is 13.2. The van der Waals surface area contributed by atoms with Crippen LogP contribution in [0.25, 0.3) is 0 Å². The second-order valence-electron chi connectivity index (χ2n) is 9.36. The molecule has 0 spiro atoms. The van der Waals surface area contributed by atoms with Crippen LogP contribution in [0.5, 0.6) is 0 Å². The van der Waals surface area contributed by atoms with E-state index in [9.17, 15) is 4.79 Å². The van der Waals surface area contributed by atoms with E-state index in [0.717, 1.165) is 61.5 Å². The molecule has 4 N–H and O–H groups in total. The van der Waals surface area contributed by atoms with Gasteiger partial charge in [-0.2, -0.15) is 4.98 Å². The van der Waals surface area contributed by atoms with Gasteiger partial charge < -0.3 is 26.2 Å². The molecule has 2 heterocycles. The molecule has 5 rings (SSSR count). The van der Waals surface area contributed by atoms with E-state index in [1.165, 1.54) is 12.1 Å². The monoisotopic (exact) mass is 471 g/mol. The fourth-order valence-corrected chi connectivity index (χ4v) is 4.46. The Hall–Kier alpha value is -3.65. The Balaban J connectivity index is 1.34. The molecule has 0 radical (unpaired) electrons. The van der Waals surface area contributed by atoms with Crippen molar-refractivity contribution >= 4 is 34.7 Å². The van der Waals surface area contributed by atoms with E-state index in [4.69, 9.17) is 4.98 Å². The number of aryl methyl sites for hydroxylation is 2. The van der Waals surface area contributed by atoms with E-state index in [0.29, 0.717) is 23.4 Å². The highest BCUT2D eigenvalue weighted by molar-refractivity contribution is 6.08. The van der Waals surface area contributed by atoms with Crippen molar-refractivity contribution in [3.63, 3.8) is 0 Å². The normalized spacial score (nSPS) is 15.9. The third kappa shape index (κ3) is 5.38. The number of hydrogen-bond acceptors (Lipinski definition) is 7. The lowest BCUT2D eigenvalue weighted by Crippen LogP contribution is -2.43. The number of nitrogens with one attached hydrogen (secondary N) is 4. The first-order valence-corrected chi connectivity index (χ1v) is 12.4. The lowest BCUT2D eigenvalue weighted by Gasteiger charge is -2.29. The highest BCUT2D eigenvalue weighted by Crippen LogP contribution is 2.27. The van der Waals surface area contributed by atoms with Crippen LogP contribution in [0.3, 0.4) is 0 Å². The number of amides is 1. The van der Waals surface area contributed by atoms with Gasteiger partial charge in [-0.25, -0.2) is 4.98 Å². The molecule has 182 valence electrons. The summed E-state index contributed by atoms with van der Waals surface area (Å²) in [5, 5.41) is 13.2.